The molecule has 5 nitrogen and oxygen atoms in total. The normalized spacial score (nSPS) is 9.57. The van der Waals surface area contributed by atoms with E-state index in [-0.39, 0.29) is 11.3 Å². The highest BCUT2D eigenvalue weighted by Gasteiger charge is 2.20. The Morgan fingerprint density at radius 1 is 1.50 bits per heavy atom. The van der Waals surface area contributed by atoms with Crippen molar-refractivity contribution < 1.29 is 13.9 Å². The van der Waals surface area contributed by atoms with Gasteiger partial charge in [0.1, 0.15) is 5.56 Å². The summed E-state index contributed by atoms with van der Waals surface area (Å²) in [6.45, 7) is 0. The number of hydrogen-bond acceptors (Lipinski definition) is 6. The predicted molar refractivity (Wildman–Crippen MR) is 54.7 cm³/mol. The molecule has 0 aromatic heterocycles. The van der Waals surface area contributed by atoms with E-state index >= 15 is 0 Å². The molecule has 0 spiro atoms. The number of nitro benzene ring substituents is 1. The van der Waals surface area contributed by atoms with Gasteiger partial charge in [-0.25, -0.2) is 4.79 Å². The highest BCUT2D eigenvalue weighted by molar-refractivity contribution is 7.80. The fourth-order valence-electron chi connectivity index (χ4n) is 0.896. The summed E-state index contributed by atoms with van der Waals surface area (Å²) in [5.74, 6) is -0.879. The Kier molecular flexibility index (Phi) is 3.37. The molecule has 0 N–H and O–H groups in total. The molecule has 0 saturated carbocycles. The maximum absolute atomic E-state index is 11.1. The molecular formula is C7H5NO4S2. The lowest BCUT2D eigenvalue weighted by Gasteiger charge is -2.00. The molecule has 0 fully saturated rings. The van der Waals surface area contributed by atoms with E-state index in [1.54, 1.807) is 0 Å². The summed E-state index contributed by atoms with van der Waals surface area (Å²) in [6.07, 6.45) is 0. The van der Waals surface area contributed by atoms with Gasteiger partial charge in [-0.15, -0.1) is 12.6 Å². The van der Waals surface area contributed by atoms with Crippen LogP contribution < -0.4 is 0 Å². The lowest BCUT2D eigenvalue weighted by atomic mass is 10.2. The van der Waals surface area contributed by atoms with E-state index in [0.29, 0.717) is 4.90 Å². The molecule has 1 rings (SSSR count). The smallest absolute Gasteiger partial charge is 0.357 e. The first-order chi connectivity index (χ1) is 6.56. The molecule has 0 heterocycles. The summed E-state index contributed by atoms with van der Waals surface area (Å²) in [4.78, 5) is 21.3. The van der Waals surface area contributed by atoms with Gasteiger partial charge in [-0.05, 0) is 12.1 Å². The molecule has 0 saturated heterocycles. The fourth-order valence-corrected chi connectivity index (χ4v) is 1.20. The maximum Gasteiger partial charge on any atom is 0.357 e. The Morgan fingerprint density at radius 2 is 2.14 bits per heavy atom. The van der Waals surface area contributed by atoms with Crippen molar-refractivity contribution in [3.63, 3.8) is 0 Å². The van der Waals surface area contributed by atoms with Gasteiger partial charge in [0.15, 0.2) is 0 Å². The van der Waals surface area contributed by atoms with Gasteiger partial charge in [0.05, 0.1) is 4.92 Å². The van der Waals surface area contributed by atoms with E-state index in [2.05, 4.69) is 29.7 Å². The summed E-state index contributed by atoms with van der Waals surface area (Å²) in [6, 6.07) is 3.85. The minimum Gasteiger partial charge on any atom is -0.391 e. The van der Waals surface area contributed by atoms with E-state index in [4.69, 9.17) is 0 Å². The molecule has 74 valence electrons. The van der Waals surface area contributed by atoms with Crippen molar-refractivity contribution >= 4 is 37.2 Å². The van der Waals surface area contributed by atoms with Gasteiger partial charge in [-0.3, -0.25) is 10.1 Å². The Morgan fingerprint density at radius 3 is 2.64 bits per heavy atom. The van der Waals surface area contributed by atoms with Crippen molar-refractivity contribution in [3.05, 3.63) is 33.9 Å². The van der Waals surface area contributed by atoms with Gasteiger partial charge in [0.25, 0.3) is 5.69 Å². The number of hydrogen-bond donors (Lipinski definition) is 2. The summed E-state index contributed by atoms with van der Waals surface area (Å²) in [5.41, 5.74) is -0.501. The van der Waals surface area contributed by atoms with Crippen molar-refractivity contribution in [2.75, 3.05) is 0 Å². The Balaban J connectivity index is 3.29. The van der Waals surface area contributed by atoms with Crippen LogP contribution in [-0.4, -0.2) is 10.9 Å². The Hall–Kier alpha value is -1.21. The molecule has 0 bridgehead atoms. The summed E-state index contributed by atoms with van der Waals surface area (Å²) in [5, 5.41) is 10.5. The number of carbonyl (C=O) groups excluding carboxylic acids is 1. The van der Waals surface area contributed by atoms with E-state index in [1.807, 2.05) is 0 Å². The van der Waals surface area contributed by atoms with Gasteiger partial charge < -0.3 is 4.18 Å². The van der Waals surface area contributed by atoms with E-state index in [0.717, 1.165) is 0 Å². The molecule has 0 atom stereocenters. The molecule has 1 aromatic carbocycles. The van der Waals surface area contributed by atoms with Crippen molar-refractivity contribution in [2.24, 2.45) is 0 Å². The molecule has 0 radical (unpaired) electrons. The number of nitrogens with zero attached hydrogens (tertiary/aromatic N) is 1. The summed E-state index contributed by atoms with van der Waals surface area (Å²) in [7, 11) is 0. The first-order valence-corrected chi connectivity index (χ1v) is 4.20. The van der Waals surface area contributed by atoms with Crippen LogP contribution in [0.25, 0.3) is 0 Å². The SMILES string of the molecule is O=C(OS)c1cc(S)ccc1[N+](=O)[O-]. The molecule has 0 amide bonds. The Bertz CT molecular complexity index is 393. The number of rotatable bonds is 2. The van der Waals surface area contributed by atoms with Crippen molar-refractivity contribution in [3.8, 4) is 0 Å². The molecule has 0 aliphatic rings. The van der Waals surface area contributed by atoms with Crippen molar-refractivity contribution in [1.82, 2.24) is 0 Å². The maximum atomic E-state index is 11.1. The molecule has 0 aliphatic carbocycles. The summed E-state index contributed by atoms with van der Waals surface area (Å²) >= 11 is 7.23. The summed E-state index contributed by atoms with van der Waals surface area (Å²) < 4.78 is 4.10. The van der Waals surface area contributed by atoms with E-state index < -0.39 is 10.9 Å². The second-order valence-electron chi connectivity index (χ2n) is 2.34. The number of benzene rings is 1. The predicted octanol–water partition coefficient (Wildman–Crippen LogP) is 1.89. The third-order valence-electron chi connectivity index (χ3n) is 1.48. The average molecular weight is 231 g/mol. The highest BCUT2D eigenvalue weighted by Crippen LogP contribution is 2.22. The van der Waals surface area contributed by atoms with Crippen LogP contribution in [0.1, 0.15) is 10.4 Å². The zero-order valence-corrected chi connectivity index (χ0v) is 8.50. The molecule has 7 heteroatoms. The average Bonchev–Trinajstić information content (AvgIpc) is 2.16. The minimum absolute atomic E-state index is 0.169. The van der Waals surface area contributed by atoms with E-state index in [9.17, 15) is 14.9 Å². The van der Waals surface area contributed by atoms with Gasteiger partial charge in [0.2, 0.25) is 0 Å². The number of thiol groups is 2. The number of carbonyl (C=O) groups is 1. The van der Waals surface area contributed by atoms with Gasteiger partial charge >= 0.3 is 5.97 Å². The van der Waals surface area contributed by atoms with Crippen LogP contribution in [0.5, 0.6) is 0 Å². The zero-order chi connectivity index (χ0) is 10.7. The third kappa shape index (κ3) is 2.18. The van der Waals surface area contributed by atoms with Crippen LogP contribution in [0.15, 0.2) is 23.1 Å². The quantitative estimate of drug-likeness (QED) is 0.353. The van der Waals surface area contributed by atoms with Crippen molar-refractivity contribution in [2.45, 2.75) is 4.90 Å². The largest absolute Gasteiger partial charge is 0.391 e. The third-order valence-corrected chi connectivity index (χ3v) is 1.92. The van der Waals surface area contributed by atoms with Crippen LogP contribution in [-0.2, 0) is 4.18 Å². The highest BCUT2D eigenvalue weighted by atomic mass is 32.1. The Labute approximate surface area is 90.2 Å². The van der Waals surface area contributed by atoms with Crippen molar-refractivity contribution in [1.29, 1.82) is 0 Å². The van der Waals surface area contributed by atoms with E-state index in [1.165, 1.54) is 18.2 Å². The molecule has 0 aliphatic heterocycles. The fraction of sp³-hybridized carbons (Fsp3) is 0. The standard InChI is InChI=1S/C7H5NO4S2/c9-7(12-14)5-3-4(13)1-2-6(5)8(10)11/h1-3,13-14H. The van der Waals surface area contributed by atoms with Gasteiger partial charge in [-0.2, -0.15) is 0 Å². The van der Waals surface area contributed by atoms with Crippen LogP contribution in [0, 0.1) is 10.1 Å². The zero-order valence-electron chi connectivity index (χ0n) is 6.71. The number of nitro groups is 1. The molecule has 14 heavy (non-hydrogen) atoms. The molecule has 1 aromatic rings. The first-order valence-electron chi connectivity index (χ1n) is 3.39. The van der Waals surface area contributed by atoms with Gasteiger partial charge in [-0.1, -0.05) is 0 Å². The van der Waals surface area contributed by atoms with Crippen LogP contribution in [0.4, 0.5) is 5.69 Å². The lowest BCUT2D eigenvalue weighted by molar-refractivity contribution is -0.385. The van der Waals surface area contributed by atoms with Gasteiger partial charge in [0, 0.05) is 23.9 Å². The topological polar surface area (TPSA) is 69.4 Å². The van der Waals surface area contributed by atoms with Crippen LogP contribution in [0.3, 0.4) is 0 Å². The first kappa shape index (κ1) is 10.9. The molecular weight excluding hydrogens is 226 g/mol. The second-order valence-corrected chi connectivity index (χ2v) is 3.04. The van der Waals surface area contributed by atoms with Crippen LogP contribution in [0.2, 0.25) is 0 Å². The second kappa shape index (κ2) is 4.34. The monoisotopic (exact) mass is 231 g/mol. The molecule has 0 unspecified atom stereocenters. The van der Waals surface area contributed by atoms with Crippen LogP contribution >= 0.6 is 25.5 Å². The lowest BCUT2D eigenvalue weighted by Crippen LogP contribution is -2.03. The minimum atomic E-state index is -0.879.